The van der Waals surface area contributed by atoms with Crippen molar-refractivity contribution in [1.82, 2.24) is 0 Å². The van der Waals surface area contributed by atoms with E-state index in [0.29, 0.717) is 0 Å². The fraction of sp³-hybridized carbons (Fsp3) is 0.905. The van der Waals surface area contributed by atoms with Gasteiger partial charge in [-0.3, -0.25) is 0 Å². The zero-order valence-electron chi connectivity index (χ0n) is 16.1. The maximum atomic E-state index is 5.95. The second-order valence-electron chi connectivity index (χ2n) is 7.27. The molecule has 0 saturated carbocycles. The van der Waals surface area contributed by atoms with Gasteiger partial charge in [-0.25, -0.2) is 0 Å². The lowest BCUT2D eigenvalue weighted by Gasteiger charge is -2.22. The van der Waals surface area contributed by atoms with Crippen LogP contribution in [-0.4, -0.2) is 5.66 Å². The van der Waals surface area contributed by atoms with Gasteiger partial charge in [-0.15, -0.1) is 0 Å². The molecule has 0 atom stereocenters. The third-order valence-corrected chi connectivity index (χ3v) is 4.81. The molecule has 0 heterocycles. The zero-order valence-corrected chi connectivity index (χ0v) is 16.1. The van der Waals surface area contributed by atoms with Crippen molar-refractivity contribution in [2.75, 3.05) is 0 Å². The Hall–Kier alpha value is -0.340. The SMILES string of the molecule is CCCCCCCC/C=C\CCCCCCCCC(N)(N)CC. The van der Waals surface area contributed by atoms with E-state index in [-0.39, 0.29) is 0 Å². The van der Waals surface area contributed by atoms with Gasteiger partial charge >= 0.3 is 0 Å². The van der Waals surface area contributed by atoms with Crippen LogP contribution in [0.15, 0.2) is 12.2 Å². The average molecular weight is 325 g/mol. The van der Waals surface area contributed by atoms with Gasteiger partial charge in [0.25, 0.3) is 0 Å². The van der Waals surface area contributed by atoms with E-state index in [2.05, 4.69) is 26.0 Å². The third-order valence-electron chi connectivity index (χ3n) is 4.81. The van der Waals surface area contributed by atoms with Crippen molar-refractivity contribution in [2.24, 2.45) is 11.5 Å². The van der Waals surface area contributed by atoms with Crippen LogP contribution in [0, 0.1) is 0 Å². The van der Waals surface area contributed by atoms with E-state index in [1.54, 1.807) is 0 Å². The molecule has 0 aromatic rings. The van der Waals surface area contributed by atoms with Crippen LogP contribution < -0.4 is 11.5 Å². The fourth-order valence-electron chi connectivity index (χ4n) is 2.88. The first-order valence-corrected chi connectivity index (χ1v) is 10.3. The lowest BCUT2D eigenvalue weighted by atomic mass is 10.00. The highest BCUT2D eigenvalue weighted by atomic mass is 14.9. The van der Waals surface area contributed by atoms with Crippen molar-refractivity contribution in [1.29, 1.82) is 0 Å². The van der Waals surface area contributed by atoms with E-state index in [4.69, 9.17) is 11.5 Å². The molecule has 4 N–H and O–H groups in total. The maximum Gasteiger partial charge on any atom is 0.0633 e. The van der Waals surface area contributed by atoms with Crippen LogP contribution in [-0.2, 0) is 0 Å². The van der Waals surface area contributed by atoms with E-state index in [9.17, 15) is 0 Å². The van der Waals surface area contributed by atoms with Crippen LogP contribution in [0.4, 0.5) is 0 Å². The molecule has 0 saturated heterocycles. The van der Waals surface area contributed by atoms with Crippen LogP contribution in [0.5, 0.6) is 0 Å². The second kappa shape index (κ2) is 16.5. The van der Waals surface area contributed by atoms with Crippen molar-refractivity contribution >= 4 is 0 Å². The van der Waals surface area contributed by atoms with Gasteiger partial charge in [-0.05, 0) is 38.5 Å². The largest absolute Gasteiger partial charge is 0.314 e. The maximum absolute atomic E-state index is 5.95. The van der Waals surface area contributed by atoms with Crippen LogP contribution >= 0.6 is 0 Å². The summed E-state index contributed by atoms with van der Waals surface area (Å²) in [5.41, 5.74) is 11.5. The number of hydrogen-bond acceptors (Lipinski definition) is 2. The molecule has 0 bridgehead atoms. The highest BCUT2D eigenvalue weighted by Crippen LogP contribution is 2.13. The fourth-order valence-corrected chi connectivity index (χ4v) is 2.88. The monoisotopic (exact) mass is 324 g/mol. The molecule has 0 aliphatic rings. The molecule has 0 aliphatic carbocycles. The summed E-state index contributed by atoms with van der Waals surface area (Å²) in [6.07, 6.45) is 25.4. The van der Waals surface area contributed by atoms with Crippen molar-refractivity contribution in [3.05, 3.63) is 12.2 Å². The summed E-state index contributed by atoms with van der Waals surface area (Å²) in [5, 5.41) is 0. The molecule has 0 rings (SSSR count). The smallest absolute Gasteiger partial charge is 0.0633 e. The highest BCUT2D eigenvalue weighted by molar-refractivity contribution is 4.81. The van der Waals surface area contributed by atoms with Gasteiger partial charge < -0.3 is 11.5 Å². The van der Waals surface area contributed by atoms with Crippen LogP contribution in [0.25, 0.3) is 0 Å². The highest BCUT2D eigenvalue weighted by Gasteiger charge is 2.14. The molecule has 0 aliphatic heterocycles. The summed E-state index contributed by atoms with van der Waals surface area (Å²) in [5.74, 6) is 0. The minimum atomic E-state index is -0.430. The first-order chi connectivity index (χ1) is 11.1. The lowest BCUT2D eigenvalue weighted by Crippen LogP contribution is -2.48. The lowest BCUT2D eigenvalue weighted by molar-refractivity contribution is 0.374. The minimum Gasteiger partial charge on any atom is -0.314 e. The summed E-state index contributed by atoms with van der Waals surface area (Å²) < 4.78 is 0. The van der Waals surface area contributed by atoms with Crippen molar-refractivity contribution in [3.8, 4) is 0 Å². The summed E-state index contributed by atoms with van der Waals surface area (Å²) in [6, 6.07) is 0. The van der Waals surface area contributed by atoms with Gasteiger partial charge in [0.15, 0.2) is 0 Å². The van der Waals surface area contributed by atoms with Gasteiger partial charge in [0.1, 0.15) is 0 Å². The number of rotatable bonds is 17. The first-order valence-electron chi connectivity index (χ1n) is 10.3. The topological polar surface area (TPSA) is 52.0 Å². The number of nitrogens with two attached hydrogens (primary N) is 2. The molecule has 0 spiro atoms. The normalized spacial score (nSPS) is 12.3. The molecule has 0 amide bonds. The van der Waals surface area contributed by atoms with E-state index >= 15 is 0 Å². The van der Waals surface area contributed by atoms with Crippen LogP contribution in [0.3, 0.4) is 0 Å². The Bertz CT molecular complexity index is 259. The van der Waals surface area contributed by atoms with E-state index in [1.807, 2.05) is 0 Å². The van der Waals surface area contributed by atoms with Crippen molar-refractivity contribution < 1.29 is 0 Å². The molecular weight excluding hydrogens is 280 g/mol. The Kier molecular flexibility index (Phi) is 16.3. The minimum absolute atomic E-state index is 0.430. The Morgan fingerprint density at radius 1 is 0.609 bits per heavy atom. The molecule has 0 fully saturated rings. The molecule has 23 heavy (non-hydrogen) atoms. The quantitative estimate of drug-likeness (QED) is 0.184. The summed E-state index contributed by atoms with van der Waals surface area (Å²) in [6.45, 7) is 4.35. The summed E-state index contributed by atoms with van der Waals surface area (Å²) in [7, 11) is 0. The number of allylic oxidation sites excluding steroid dienone is 2. The van der Waals surface area contributed by atoms with Crippen LogP contribution in [0.2, 0.25) is 0 Å². The molecule has 138 valence electrons. The molecule has 0 unspecified atom stereocenters. The average Bonchev–Trinajstić information content (AvgIpc) is 2.54. The Labute approximate surface area is 146 Å². The molecule has 0 radical (unpaired) electrons. The Balaban J connectivity index is 3.16. The molecule has 0 aromatic carbocycles. The van der Waals surface area contributed by atoms with E-state index in [1.165, 1.54) is 89.9 Å². The molecule has 2 heteroatoms. The standard InChI is InChI=1S/C21H44N2/c1-3-5-6-7-8-9-10-11-12-13-14-15-16-17-18-19-20-21(22,23)4-2/h11-12H,3-10,13-20,22-23H2,1-2H3/b12-11-. The molecule has 2 nitrogen and oxygen atoms in total. The third kappa shape index (κ3) is 17.8. The zero-order chi connectivity index (χ0) is 17.2. The van der Waals surface area contributed by atoms with Gasteiger partial charge in [-0.1, -0.05) is 90.2 Å². The van der Waals surface area contributed by atoms with Crippen molar-refractivity contribution in [2.45, 2.75) is 122 Å². The van der Waals surface area contributed by atoms with Gasteiger partial charge in [0.2, 0.25) is 0 Å². The van der Waals surface area contributed by atoms with Gasteiger partial charge in [0.05, 0.1) is 5.66 Å². The molecular formula is C21H44N2. The van der Waals surface area contributed by atoms with Crippen molar-refractivity contribution in [3.63, 3.8) is 0 Å². The summed E-state index contributed by atoms with van der Waals surface area (Å²) >= 11 is 0. The van der Waals surface area contributed by atoms with Crippen LogP contribution in [0.1, 0.15) is 117 Å². The molecule has 0 aromatic heterocycles. The predicted molar refractivity (Wildman–Crippen MR) is 105 cm³/mol. The van der Waals surface area contributed by atoms with Gasteiger partial charge in [0, 0.05) is 0 Å². The summed E-state index contributed by atoms with van der Waals surface area (Å²) in [4.78, 5) is 0. The Morgan fingerprint density at radius 3 is 1.52 bits per heavy atom. The van der Waals surface area contributed by atoms with Gasteiger partial charge in [-0.2, -0.15) is 0 Å². The number of unbranched alkanes of at least 4 members (excludes halogenated alkanes) is 12. The second-order valence-corrected chi connectivity index (χ2v) is 7.27. The number of hydrogen-bond donors (Lipinski definition) is 2. The first kappa shape index (κ1) is 22.7. The Morgan fingerprint density at radius 2 is 1.04 bits per heavy atom. The predicted octanol–water partition coefficient (Wildman–Crippen LogP) is 6.44. The van der Waals surface area contributed by atoms with E-state index in [0.717, 1.165) is 12.8 Å². The van der Waals surface area contributed by atoms with E-state index < -0.39 is 5.66 Å².